The molecule has 8 heteroatoms. The summed E-state index contributed by atoms with van der Waals surface area (Å²) >= 11 is 0. The Balaban J connectivity index is 1.63. The molecule has 0 bridgehead atoms. The summed E-state index contributed by atoms with van der Waals surface area (Å²) in [7, 11) is 0. The molecule has 118 valence electrons. The third kappa shape index (κ3) is 3.60. The van der Waals surface area contributed by atoms with Crippen LogP contribution in [0.25, 0.3) is 0 Å². The van der Waals surface area contributed by atoms with Crippen LogP contribution < -0.4 is 5.32 Å². The number of hydrogen-bond donors (Lipinski definition) is 2. The maximum Gasteiger partial charge on any atom is 0.251 e. The van der Waals surface area contributed by atoms with Crippen molar-refractivity contribution in [2.45, 2.75) is 26.4 Å². The van der Waals surface area contributed by atoms with Gasteiger partial charge in [0.15, 0.2) is 0 Å². The molecular formula is C15H17N7O. The maximum absolute atomic E-state index is 12.3. The lowest BCUT2D eigenvalue weighted by Crippen LogP contribution is -2.27. The maximum atomic E-state index is 12.3. The number of nitrogens with zero attached hydrogens (tertiary/aromatic N) is 5. The first-order chi connectivity index (χ1) is 11.1. The second kappa shape index (κ2) is 6.39. The Morgan fingerprint density at radius 2 is 2.13 bits per heavy atom. The Morgan fingerprint density at radius 3 is 2.74 bits per heavy atom. The monoisotopic (exact) mass is 311 g/mol. The number of nitrogens with one attached hydrogen (secondary N) is 2. The number of aromatic amines is 1. The van der Waals surface area contributed by atoms with Gasteiger partial charge in [0.25, 0.3) is 5.91 Å². The predicted molar refractivity (Wildman–Crippen MR) is 82.6 cm³/mol. The number of aromatic nitrogens is 6. The Bertz CT molecular complexity index is 777. The standard InChI is InChI=1S/C15H17N7O/c1-10-7-16-14(18-10)11(2)19-15(23)13-5-3-12(4-6-13)8-22-9-17-20-21-22/h3-7,9,11H,8H2,1-2H3,(H,16,18)(H,19,23). The molecule has 0 spiro atoms. The molecule has 0 aliphatic rings. The highest BCUT2D eigenvalue weighted by molar-refractivity contribution is 5.94. The van der Waals surface area contributed by atoms with Crippen molar-refractivity contribution in [1.82, 2.24) is 35.5 Å². The molecule has 1 aromatic carbocycles. The van der Waals surface area contributed by atoms with Gasteiger partial charge in [-0.05, 0) is 42.0 Å². The van der Waals surface area contributed by atoms with Gasteiger partial charge in [-0.2, -0.15) is 0 Å². The molecule has 0 radical (unpaired) electrons. The van der Waals surface area contributed by atoms with Crippen molar-refractivity contribution in [2.24, 2.45) is 0 Å². The minimum Gasteiger partial charge on any atom is -0.344 e. The van der Waals surface area contributed by atoms with Gasteiger partial charge >= 0.3 is 0 Å². The minimum absolute atomic E-state index is 0.138. The lowest BCUT2D eigenvalue weighted by atomic mass is 10.1. The van der Waals surface area contributed by atoms with Crippen LogP contribution in [0.1, 0.15) is 40.4 Å². The number of rotatable bonds is 5. The molecule has 2 N–H and O–H groups in total. The van der Waals surface area contributed by atoms with Crippen LogP contribution in [0.5, 0.6) is 0 Å². The van der Waals surface area contributed by atoms with Crippen molar-refractivity contribution >= 4 is 5.91 Å². The topological polar surface area (TPSA) is 101 Å². The molecule has 0 aliphatic carbocycles. The van der Waals surface area contributed by atoms with Crippen LogP contribution in [0.3, 0.4) is 0 Å². The predicted octanol–water partition coefficient (Wildman–Crippen LogP) is 1.24. The largest absolute Gasteiger partial charge is 0.344 e. The molecule has 1 unspecified atom stereocenters. The van der Waals surface area contributed by atoms with E-state index in [2.05, 4.69) is 30.8 Å². The minimum atomic E-state index is -0.183. The molecule has 0 aliphatic heterocycles. The Hall–Kier alpha value is -3.03. The fraction of sp³-hybridized carbons (Fsp3) is 0.267. The summed E-state index contributed by atoms with van der Waals surface area (Å²) in [5, 5.41) is 13.9. The first-order valence-electron chi connectivity index (χ1n) is 7.24. The number of aryl methyl sites for hydroxylation is 1. The van der Waals surface area contributed by atoms with Crippen molar-refractivity contribution in [3.63, 3.8) is 0 Å². The van der Waals surface area contributed by atoms with Gasteiger partial charge in [0.05, 0.1) is 12.6 Å². The van der Waals surface area contributed by atoms with Crippen molar-refractivity contribution in [3.05, 3.63) is 59.4 Å². The van der Waals surface area contributed by atoms with E-state index >= 15 is 0 Å². The number of amides is 1. The number of H-pyrrole nitrogens is 1. The van der Waals surface area contributed by atoms with Gasteiger partial charge in [-0.3, -0.25) is 4.79 Å². The molecule has 0 saturated heterocycles. The van der Waals surface area contributed by atoms with Gasteiger partial charge in [-0.25, -0.2) is 9.67 Å². The number of carbonyl (C=O) groups excluding carboxylic acids is 1. The van der Waals surface area contributed by atoms with Crippen molar-refractivity contribution in [3.8, 4) is 0 Å². The van der Waals surface area contributed by atoms with E-state index in [0.29, 0.717) is 12.1 Å². The van der Waals surface area contributed by atoms with Gasteiger partial charge in [-0.15, -0.1) is 5.10 Å². The van der Waals surface area contributed by atoms with E-state index in [1.54, 1.807) is 29.3 Å². The molecule has 1 amide bonds. The number of tetrazole rings is 1. The highest BCUT2D eigenvalue weighted by atomic mass is 16.1. The Kier molecular flexibility index (Phi) is 4.13. The van der Waals surface area contributed by atoms with E-state index in [0.717, 1.165) is 17.1 Å². The summed E-state index contributed by atoms with van der Waals surface area (Å²) in [6.45, 7) is 4.38. The zero-order valence-corrected chi connectivity index (χ0v) is 12.9. The number of benzene rings is 1. The Morgan fingerprint density at radius 1 is 1.35 bits per heavy atom. The first kappa shape index (κ1) is 14.9. The molecule has 0 saturated carbocycles. The van der Waals surface area contributed by atoms with Crippen molar-refractivity contribution < 1.29 is 4.79 Å². The lowest BCUT2D eigenvalue weighted by Gasteiger charge is -2.12. The summed E-state index contributed by atoms with van der Waals surface area (Å²) in [4.78, 5) is 19.6. The van der Waals surface area contributed by atoms with E-state index in [-0.39, 0.29) is 11.9 Å². The van der Waals surface area contributed by atoms with Gasteiger partial charge in [0.1, 0.15) is 12.2 Å². The molecule has 3 aromatic rings. The average Bonchev–Trinajstić information content (AvgIpc) is 3.19. The van der Waals surface area contributed by atoms with Gasteiger partial charge in [-0.1, -0.05) is 12.1 Å². The molecule has 3 rings (SSSR count). The van der Waals surface area contributed by atoms with E-state index in [9.17, 15) is 4.79 Å². The van der Waals surface area contributed by atoms with Gasteiger partial charge in [0, 0.05) is 17.5 Å². The normalized spacial score (nSPS) is 12.1. The van der Waals surface area contributed by atoms with Gasteiger partial charge < -0.3 is 10.3 Å². The number of carbonyl (C=O) groups is 1. The van der Waals surface area contributed by atoms with Crippen LogP contribution in [0.2, 0.25) is 0 Å². The highest BCUT2D eigenvalue weighted by Crippen LogP contribution is 2.11. The summed E-state index contributed by atoms with van der Waals surface area (Å²) in [5.74, 6) is 0.603. The smallest absolute Gasteiger partial charge is 0.251 e. The highest BCUT2D eigenvalue weighted by Gasteiger charge is 2.13. The third-order valence-corrected chi connectivity index (χ3v) is 3.43. The van der Waals surface area contributed by atoms with Crippen LogP contribution in [-0.2, 0) is 6.54 Å². The van der Waals surface area contributed by atoms with Crippen LogP contribution >= 0.6 is 0 Å². The molecule has 2 heterocycles. The Labute approximate surface area is 132 Å². The molecule has 0 fully saturated rings. The average molecular weight is 311 g/mol. The summed E-state index contributed by atoms with van der Waals surface area (Å²) in [6.07, 6.45) is 3.29. The first-order valence-corrected chi connectivity index (χ1v) is 7.24. The fourth-order valence-corrected chi connectivity index (χ4v) is 2.20. The quantitative estimate of drug-likeness (QED) is 0.738. The molecule has 1 atom stereocenters. The van der Waals surface area contributed by atoms with E-state index in [1.165, 1.54) is 0 Å². The molecule has 23 heavy (non-hydrogen) atoms. The van der Waals surface area contributed by atoms with Crippen molar-refractivity contribution in [1.29, 1.82) is 0 Å². The third-order valence-electron chi connectivity index (χ3n) is 3.43. The summed E-state index contributed by atoms with van der Waals surface area (Å²) in [5.41, 5.74) is 2.58. The van der Waals surface area contributed by atoms with Crippen LogP contribution in [0, 0.1) is 6.92 Å². The SMILES string of the molecule is Cc1cnc(C(C)NC(=O)c2ccc(Cn3cnnn3)cc2)[nH]1. The fourth-order valence-electron chi connectivity index (χ4n) is 2.20. The zero-order valence-electron chi connectivity index (χ0n) is 12.9. The zero-order chi connectivity index (χ0) is 16.2. The summed E-state index contributed by atoms with van der Waals surface area (Å²) < 4.78 is 1.62. The van der Waals surface area contributed by atoms with Crippen LogP contribution in [0.4, 0.5) is 0 Å². The van der Waals surface area contributed by atoms with E-state index in [1.807, 2.05) is 26.0 Å². The van der Waals surface area contributed by atoms with E-state index < -0.39 is 0 Å². The lowest BCUT2D eigenvalue weighted by molar-refractivity contribution is 0.0938. The van der Waals surface area contributed by atoms with Crippen LogP contribution in [0.15, 0.2) is 36.8 Å². The molecular weight excluding hydrogens is 294 g/mol. The van der Waals surface area contributed by atoms with Crippen molar-refractivity contribution in [2.75, 3.05) is 0 Å². The second-order valence-electron chi connectivity index (χ2n) is 5.35. The van der Waals surface area contributed by atoms with E-state index in [4.69, 9.17) is 0 Å². The second-order valence-corrected chi connectivity index (χ2v) is 5.35. The van der Waals surface area contributed by atoms with Gasteiger partial charge in [0.2, 0.25) is 0 Å². The molecule has 2 aromatic heterocycles. The number of hydrogen-bond acceptors (Lipinski definition) is 5. The molecule has 8 nitrogen and oxygen atoms in total. The van der Waals surface area contributed by atoms with Crippen LogP contribution in [-0.4, -0.2) is 36.1 Å². The summed E-state index contributed by atoms with van der Waals surface area (Å²) in [6, 6.07) is 7.16. The number of imidazole rings is 1.